The molecule has 1 saturated heterocycles. The van der Waals surface area contributed by atoms with Gasteiger partial charge in [0.25, 0.3) is 0 Å². The number of thiophene rings is 1. The Balaban J connectivity index is 2.12. The second-order valence-electron chi connectivity index (χ2n) is 5.58. The molecule has 0 aromatic carbocycles. The van der Waals surface area contributed by atoms with E-state index >= 15 is 0 Å². The first-order valence-corrected chi connectivity index (χ1v) is 10.6. The number of thioether (sulfide) groups is 1. The molecule has 1 N–H and O–H groups in total. The number of aryl methyl sites for hydroxylation is 1. The van der Waals surface area contributed by atoms with Crippen molar-refractivity contribution in [2.45, 2.75) is 27.2 Å². The van der Waals surface area contributed by atoms with Crippen molar-refractivity contribution in [1.82, 2.24) is 4.90 Å². The number of esters is 2. The summed E-state index contributed by atoms with van der Waals surface area (Å²) in [6, 6.07) is 1.70. The van der Waals surface area contributed by atoms with E-state index in [9.17, 15) is 19.2 Å². The van der Waals surface area contributed by atoms with Gasteiger partial charge in [0.1, 0.15) is 11.5 Å². The molecule has 8 nitrogen and oxygen atoms in total. The minimum Gasteiger partial charge on any atom is -0.463 e. The number of nitrogens with one attached hydrogen (secondary N) is 1. The maximum absolute atomic E-state index is 12.5. The lowest BCUT2D eigenvalue weighted by Gasteiger charge is -2.16. The summed E-state index contributed by atoms with van der Waals surface area (Å²) in [5.74, 6) is -1.68. The van der Waals surface area contributed by atoms with E-state index in [0.717, 1.165) is 4.88 Å². The Morgan fingerprint density at radius 3 is 2.57 bits per heavy atom. The van der Waals surface area contributed by atoms with Crippen LogP contribution in [0.5, 0.6) is 0 Å². The summed E-state index contributed by atoms with van der Waals surface area (Å²) in [5.41, 5.74) is 0.293. The van der Waals surface area contributed by atoms with Crippen molar-refractivity contribution in [2.75, 3.05) is 30.8 Å². The van der Waals surface area contributed by atoms with Gasteiger partial charge in [0.15, 0.2) is 0 Å². The van der Waals surface area contributed by atoms with E-state index < -0.39 is 17.8 Å². The van der Waals surface area contributed by atoms with Crippen molar-refractivity contribution >= 4 is 51.9 Å². The van der Waals surface area contributed by atoms with Gasteiger partial charge in [-0.15, -0.1) is 11.3 Å². The summed E-state index contributed by atoms with van der Waals surface area (Å²) in [5, 5.41) is 3.43. The fourth-order valence-corrected chi connectivity index (χ4v) is 4.29. The van der Waals surface area contributed by atoms with E-state index in [4.69, 9.17) is 9.47 Å². The maximum atomic E-state index is 12.5. The summed E-state index contributed by atoms with van der Waals surface area (Å²) in [4.78, 5) is 50.5. The van der Waals surface area contributed by atoms with Gasteiger partial charge >= 0.3 is 11.9 Å². The van der Waals surface area contributed by atoms with E-state index in [-0.39, 0.29) is 31.4 Å². The molecule has 2 amide bonds. The molecule has 10 heteroatoms. The van der Waals surface area contributed by atoms with Crippen molar-refractivity contribution in [1.29, 1.82) is 0 Å². The van der Waals surface area contributed by atoms with Crippen LogP contribution in [-0.4, -0.2) is 54.2 Å². The third kappa shape index (κ3) is 5.59. The van der Waals surface area contributed by atoms with E-state index in [2.05, 4.69) is 5.32 Å². The SMILES string of the molecule is CCOC(=O)/C=C1\SCC(=O)N1CC(=O)Nc1sc(CC)cc1C(=O)OCC. The van der Waals surface area contributed by atoms with Crippen molar-refractivity contribution in [2.24, 2.45) is 0 Å². The Labute approximate surface area is 171 Å². The normalized spacial score (nSPS) is 15.0. The van der Waals surface area contributed by atoms with Gasteiger partial charge in [-0.2, -0.15) is 0 Å². The smallest absolute Gasteiger partial charge is 0.341 e. The van der Waals surface area contributed by atoms with Crippen LogP contribution in [0, 0.1) is 0 Å². The molecule has 152 valence electrons. The molecular weight excluding hydrogens is 404 g/mol. The van der Waals surface area contributed by atoms with Gasteiger partial charge in [-0.1, -0.05) is 18.7 Å². The number of ether oxygens (including phenoxy) is 2. The van der Waals surface area contributed by atoms with Crippen LogP contribution in [0.3, 0.4) is 0 Å². The van der Waals surface area contributed by atoms with E-state index in [1.807, 2.05) is 6.92 Å². The predicted octanol–water partition coefficient (Wildman–Crippen LogP) is 2.41. The van der Waals surface area contributed by atoms with Crippen molar-refractivity contribution < 1.29 is 28.7 Å². The molecule has 0 unspecified atom stereocenters. The molecule has 1 aliphatic rings. The number of nitrogens with zero attached hydrogens (tertiary/aromatic N) is 1. The topological polar surface area (TPSA) is 102 Å². The first-order chi connectivity index (χ1) is 13.4. The van der Waals surface area contributed by atoms with Crippen molar-refractivity contribution in [3.05, 3.63) is 27.6 Å². The first-order valence-electron chi connectivity index (χ1n) is 8.80. The van der Waals surface area contributed by atoms with Crippen LogP contribution in [-0.2, 0) is 30.3 Å². The zero-order chi connectivity index (χ0) is 20.7. The second-order valence-corrected chi connectivity index (χ2v) is 7.71. The highest BCUT2D eigenvalue weighted by atomic mass is 32.2. The summed E-state index contributed by atoms with van der Waals surface area (Å²) in [7, 11) is 0. The Kier molecular flexibility index (Phi) is 8.06. The third-order valence-corrected chi connectivity index (χ3v) is 5.84. The molecule has 2 rings (SSSR count). The number of carbonyl (C=O) groups is 4. The molecule has 1 aliphatic heterocycles. The molecule has 0 atom stereocenters. The quantitative estimate of drug-likeness (QED) is 0.503. The fourth-order valence-electron chi connectivity index (χ4n) is 2.36. The second kappa shape index (κ2) is 10.3. The lowest BCUT2D eigenvalue weighted by Crippen LogP contribution is -2.34. The highest BCUT2D eigenvalue weighted by molar-refractivity contribution is 8.04. The standard InChI is InChI=1S/C18H22N2O6S2/c1-4-11-7-12(18(24)26-6-3)17(28-11)19-13(21)9-20-14(22)10-27-15(20)8-16(23)25-5-2/h7-8H,4-6,9-10H2,1-3H3,(H,19,21)/b15-8-. The van der Waals surface area contributed by atoms with Gasteiger partial charge < -0.3 is 14.8 Å². The van der Waals surface area contributed by atoms with Gasteiger partial charge in [-0.3, -0.25) is 14.5 Å². The first kappa shape index (κ1) is 22.0. The highest BCUT2D eigenvalue weighted by Gasteiger charge is 2.30. The Bertz CT molecular complexity index is 802. The van der Waals surface area contributed by atoms with Crippen LogP contribution in [0.15, 0.2) is 17.2 Å². The van der Waals surface area contributed by atoms with Crippen LogP contribution in [0.1, 0.15) is 36.0 Å². The molecule has 0 saturated carbocycles. The molecule has 0 bridgehead atoms. The van der Waals surface area contributed by atoms with Crippen LogP contribution in [0.2, 0.25) is 0 Å². The molecule has 1 aromatic rings. The molecule has 0 radical (unpaired) electrons. The maximum Gasteiger partial charge on any atom is 0.341 e. The average molecular weight is 427 g/mol. The summed E-state index contributed by atoms with van der Waals surface area (Å²) in [6.07, 6.45) is 1.91. The van der Waals surface area contributed by atoms with Crippen molar-refractivity contribution in [3.63, 3.8) is 0 Å². The van der Waals surface area contributed by atoms with Gasteiger partial charge in [0.05, 0.1) is 35.6 Å². The Morgan fingerprint density at radius 1 is 1.21 bits per heavy atom. The van der Waals surface area contributed by atoms with Gasteiger partial charge in [0.2, 0.25) is 11.8 Å². The fraction of sp³-hybridized carbons (Fsp3) is 0.444. The minimum absolute atomic E-state index is 0.144. The Morgan fingerprint density at radius 2 is 1.93 bits per heavy atom. The third-order valence-electron chi connectivity index (χ3n) is 3.62. The monoisotopic (exact) mass is 426 g/mol. The largest absolute Gasteiger partial charge is 0.463 e. The number of hydrogen-bond acceptors (Lipinski definition) is 8. The molecule has 1 fully saturated rings. The summed E-state index contributed by atoms with van der Waals surface area (Å²) >= 11 is 2.46. The van der Waals surface area contributed by atoms with Gasteiger partial charge in [0, 0.05) is 4.88 Å². The molecule has 1 aromatic heterocycles. The van der Waals surface area contributed by atoms with E-state index in [0.29, 0.717) is 22.0 Å². The summed E-state index contributed by atoms with van der Waals surface area (Å²) in [6.45, 7) is 5.51. The molecule has 0 spiro atoms. The number of hydrogen-bond donors (Lipinski definition) is 1. The highest BCUT2D eigenvalue weighted by Crippen LogP contribution is 2.31. The minimum atomic E-state index is -0.569. The molecular formula is C18H22N2O6S2. The zero-order valence-electron chi connectivity index (χ0n) is 15.9. The summed E-state index contributed by atoms with van der Waals surface area (Å²) < 4.78 is 9.88. The van der Waals surface area contributed by atoms with Crippen LogP contribution in [0.4, 0.5) is 5.00 Å². The number of carbonyl (C=O) groups excluding carboxylic acids is 4. The Hall–Kier alpha value is -2.33. The van der Waals surface area contributed by atoms with Crippen LogP contribution in [0.25, 0.3) is 0 Å². The zero-order valence-corrected chi connectivity index (χ0v) is 17.5. The molecule has 2 heterocycles. The van der Waals surface area contributed by atoms with E-state index in [1.54, 1.807) is 19.9 Å². The number of rotatable bonds is 8. The molecule has 28 heavy (non-hydrogen) atoms. The van der Waals surface area contributed by atoms with Gasteiger partial charge in [-0.05, 0) is 26.3 Å². The van der Waals surface area contributed by atoms with Gasteiger partial charge in [-0.25, -0.2) is 9.59 Å². The van der Waals surface area contributed by atoms with Crippen molar-refractivity contribution in [3.8, 4) is 0 Å². The van der Waals surface area contributed by atoms with E-state index in [1.165, 1.54) is 34.1 Å². The molecule has 0 aliphatic carbocycles. The number of amides is 2. The lowest BCUT2D eigenvalue weighted by molar-refractivity contribution is -0.137. The van der Waals surface area contributed by atoms with Crippen LogP contribution >= 0.6 is 23.1 Å². The lowest BCUT2D eigenvalue weighted by atomic mass is 10.2. The van der Waals surface area contributed by atoms with Crippen LogP contribution < -0.4 is 5.32 Å². The average Bonchev–Trinajstić information content (AvgIpc) is 3.20. The number of anilines is 1. The predicted molar refractivity (Wildman–Crippen MR) is 107 cm³/mol.